The third kappa shape index (κ3) is 3.42. The second-order valence-corrected chi connectivity index (χ2v) is 7.82. The molecule has 0 bridgehead atoms. The molecule has 32 heavy (non-hydrogen) atoms. The fraction of sp³-hybridized carbons (Fsp3) is 0.0833. The highest BCUT2D eigenvalue weighted by atomic mass is 35.5. The molecule has 0 spiro atoms. The summed E-state index contributed by atoms with van der Waals surface area (Å²) >= 11 is 6.05. The number of aromatic carboxylic acids is 1. The standard InChI is InChI=1S/C24H18ClN5O2/c1-15-26-27-24-29(14-16-10-12-17(25)13-11-16)28-22(18-6-2-3-7-19(18)23(31)32)20-8-4-5-9-21(20)30(15)24/h2-13H,14H2,1H3,(H,31,32). The Kier molecular flexibility index (Phi) is 4.95. The minimum atomic E-state index is -1.01. The van der Waals surface area contributed by atoms with E-state index in [0.29, 0.717) is 34.6 Å². The van der Waals surface area contributed by atoms with E-state index in [1.165, 1.54) is 0 Å². The molecule has 1 aliphatic rings. The van der Waals surface area contributed by atoms with Gasteiger partial charge >= 0.3 is 5.97 Å². The van der Waals surface area contributed by atoms with Gasteiger partial charge in [0.2, 0.25) is 0 Å². The van der Waals surface area contributed by atoms with Crippen molar-refractivity contribution in [2.24, 2.45) is 5.10 Å². The summed E-state index contributed by atoms with van der Waals surface area (Å²) in [5.41, 5.74) is 3.87. The van der Waals surface area contributed by atoms with Gasteiger partial charge < -0.3 is 5.11 Å². The van der Waals surface area contributed by atoms with E-state index in [-0.39, 0.29) is 5.56 Å². The number of hydrazone groups is 1. The SMILES string of the molecule is Cc1nnc2n1-c1ccccc1C(c1ccccc1C(=O)O)=NN2Cc1ccc(Cl)cc1. The van der Waals surface area contributed by atoms with E-state index < -0.39 is 5.97 Å². The first-order valence-electron chi connectivity index (χ1n) is 9.98. The Bertz CT molecular complexity index is 1360. The highest BCUT2D eigenvalue weighted by Gasteiger charge is 2.28. The Hall–Kier alpha value is -3.97. The van der Waals surface area contributed by atoms with Crippen molar-refractivity contribution in [3.63, 3.8) is 0 Å². The lowest BCUT2D eigenvalue weighted by Crippen LogP contribution is -2.21. The summed E-state index contributed by atoms with van der Waals surface area (Å²) in [6.45, 7) is 2.28. The number of halogens is 1. The van der Waals surface area contributed by atoms with E-state index >= 15 is 0 Å². The zero-order valence-corrected chi connectivity index (χ0v) is 17.9. The summed E-state index contributed by atoms with van der Waals surface area (Å²) in [7, 11) is 0. The molecular formula is C24H18ClN5O2. The van der Waals surface area contributed by atoms with E-state index in [0.717, 1.165) is 16.8 Å². The Balaban J connectivity index is 1.76. The molecule has 2 heterocycles. The lowest BCUT2D eigenvalue weighted by Gasteiger charge is -2.18. The zero-order chi connectivity index (χ0) is 22.2. The molecule has 0 saturated heterocycles. The van der Waals surface area contributed by atoms with Gasteiger partial charge in [-0.25, -0.2) is 9.80 Å². The monoisotopic (exact) mass is 443 g/mol. The molecule has 5 rings (SSSR count). The number of carboxylic acids is 1. The van der Waals surface area contributed by atoms with Crippen LogP contribution in [0.3, 0.4) is 0 Å². The predicted molar refractivity (Wildman–Crippen MR) is 123 cm³/mol. The summed E-state index contributed by atoms with van der Waals surface area (Å²) in [6, 6.07) is 22.1. The van der Waals surface area contributed by atoms with E-state index in [1.807, 2.05) is 66.1 Å². The number of rotatable bonds is 4. The highest BCUT2D eigenvalue weighted by molar-refractivity contribution is 6.30. The second kappa shape index (κ2) is 7.94. The molecule has 158 valence electrons. The van der Waals surface area contributed by atoms with Crippen LogP contribution in [0.15, 0.2) is 77.9 Å². The maximum atomic E-state index is 12.0. The first-order valence-corrected chi connectivity index (χ1v) is 10.4. The minimum Gasteiger partial charge on any atom is -0.478 e. The molecule has 0 aliphatic carbocycles. The van der Waals surface area contributed by atoms with Crippen molar-refractivity contribution in [3.8, 4) is 5.69 Å². The van der Waals surface area contributed by atoms with Crippen molar-refractivity contribution in [1.82, 2.24) is 14.8 Å². The van der Waals surface area contributed by atoms with E-state index in [2.05, 4.69) is 10.2 Å². The maximum absolute atomic E-state index is 12.0. The number of nitrogens with zero attached hydrogens (tertiary/aromatic N) is 5. The number of para-hydroxylation sites is 1. The molecule has 7 nitrogen and oxygen atoms in total. The second-order valence-electron chi connectivity index (χ2n) is 7.38. The average molecular weight is 444 g/mol. The fourth-order valence-corrected chi connectivity index (χ4v) is 3.96. The lowest BCUT2D eigenvalue weighted by atomic mass is 9.96. The Labute approximate surface area is 189 Å². The number of benzene rings is 3. The number of anilines is 1. The van der Waals surface area contributed by atoms with Crippen LogP contribution in [0.4, 0.5) is 5.95 Å². The molecule has 0 fully saturated rings. The van der Waals surface area contributed by atoms with Crippen LogP contribution in [-0.4, -0.2) is 31.6 Å². The number of carboxylic acid groups (broad SMARTS) is 1. The summed E-state index contributed by atoms with van der Waals surface area (Å²) in [5, 5.41) is 25.8. The normalized spacial score (nSPS) is 12.6. The molecule has 1 aliphatic heterocycles. The summed E-state index contributed by atoms with van der Waals surface area (Å²) in [6.07, 6.45) is 0. The van der Waals surface area contributed by atoms with Crippen LogP contribution in [0, 0.1) is 6.92 Å². The van der Waals surface area contributed by atoms with Gasteiger partial charge in [-0.05, 0) is 36.8 Å². The van der Waals surface area contributed by atoms with Crippen LogP contribution < -0.4 is 5.01 Å². The summed E-state index contributed by atoms with van der Waals surface area (Å²) < 4.78 is 1.94. The molecule has 4 aromatic rings. The minimum absolute atomic E-state index is 0.182. The van der Waals surface area contributed by atoms with Crippen LogP contribution in [0.1, 0.15) is 32.9 Å². The topological polar surface area (TPSA) is 83.6 Å². The molecule has 1 N–H and O–H groups in total. The molecule has 0 amide bonds. The van der Waals surface area contributed by atoms with E-state index in [9.17, 15) is 9.90 Å². The molecule has 0 atom stereocenters. The zero-order valence-electron chi connectivity index (χ0n) is 17.1. The van der Waals surface area contributed by atoms with E-state index in [1.54, 1.807) is 23.2 Å². The number of aromatic nitrogens is 3. The van der Waals surface area contributed by atoms with E-state index in [4.69, 9.17) is 16.7 Å². The van der Waals surface area contributed by atoms with Crippen molar-refractivity contribution in [2.75, 3.05) is 5.01 Å². The van der Waals surface area contributed by atoms with Crippen molar-refractivity contribution < 1.29 is 9.90 Å². The maximum Gasteiger partial charge on any atom is 0.336 e. The predicted octanol–water partition coefficient (Wildman–Crippen LogP) is 4.70. The first kappa shape index (κ1) is 20.0. The highest BCUT2D eigenvalue weighted by Crippen LogP contribution is 2.31. The number of hydrogen-bond donors (Lipinski definition) is 1. The van der Waals surface area contributed by atoms with Gasteiger partial charge in [-0.1, -0.05) is 60.1 Å². The number of fused-ring (bicyclic) bond motifs is 3. The Morgan fingerprint density at radius 3 is 2.38 bits per heavy atom. The lowest BCUT2D eigenvalue weighted by molar-refractivity contribution is 0.0696. The molecule has 3 aromatic carbocycles. The van der Waals surface area contributed by atoms with Gasteiger partial charge in [0.1, 0.15) is 11.5 Å². The Morgan fingerprint density at radius 2 is 1.62 bits per heavy atom. The van der Waals surface area contributed by atoms with Crippen LogP contribution in [-0.2, 0) is 6.54 Å². The van der Waals surface area contributed by atoms with Crippen LogP contribution in [0.5, 0.6) is 0 Å². The van der Waals surface area contributed by atoms with Crippen molar-refractivity contribution >= 4 is 29.2 Å². The third-order valence-corrected chi connectivity index (χ3v) is 5.57. The molecular weight excluding hydrogens is 426 g/mol. The van der Waals surface area contributed by atoms with Gasteiger partial charge in [0.25, 0.3) is 5.95 Å². The van der Waals surface area contributed by atoms with Gasteiger partial charge in [0.05, 0.1) is 17.8 Å². The van der Waals surface area contributed by atoms with Crippen molar-refractivity contribution in [3.05, 3.63) is 106 Å². The average Bonchev–Trinajstić information content (AvgIpc) is 3.12. The third-order valence-electron chi connectivity index (χ3n) is 5.32. The van der Waals surface area contributed by atoms with Gasteiger partial charge in [0.15, 0.2) is 0 Å². The Morgan fingerprint density at radius 1 is 0.938 bits per heavy atom. The quantitative estimate of drug-likeness (QED) is 0.494. The molecule has 0 saturated carbocycles. The largest absolute Gasteiger partial charge is 0.478 e. The van der Waals surface area contributed by atoms with Crippen LogP contribution in [0.25, 0.3) is 5.69 Å². The molecule has 1 aromatic heterocycles. The molecule has 0 unspecified atom stereocenters. The van der Waals surface area contributed by atoms with Gasteiger partial charge in [0, 0.05) is 16.1 Å². The van der Waals surface area contributed by atoms with Crippen molar-refractivity contribution in [2.45, 2.75) is 13.5 Å². The molecule has 0 radical (unpaired) electrons. The smallest absolute Gasteiger partial charge is 0.336 e. The number of carbonyl (C=O) groups is 1. The van der Waals surface area contributed by atoms with Crippen LogP contribution >= 0.6 is 11.6 Å². The van der Waals surface area contributed by atoms with Crippen molar-refractivity contribution in [1.29, 1.82) is 0 Å². The molecule has 8 heteroatoms. The first-order chi connectivity index (χ1) is 15.5. The fourth-order valence-electron chi connectivity index (χ4n) is 3.83. The summed E-state index contributed by atoms with van der Waals surface area (Å²) in [5.74, 6) is 0.245. The van der Waals surface area contributed by atoms with Gasteiger partial charge in [-0.2, -0.15) is 5.10 Å². The van der Waals surface area contributed by atoms with Crippen LogP contribution in [0.2, 0.25) is 5.02 Å². The van der Waals surface area contributed by atoms with Gasteiger partial charge in [-0.15, -0.1) is 10.2 Å². The van der Waals surface area contributed by atoms with Gasteiger partial charge in [-0.3, -0.25) is 4.57 Å². The number of aryl methyl sites for hydroxylation is 1. The number of hydrogen-bond acceptors (Lipinski definition) is 5. The summed E-state index contributed by atoms with van der Waals surface area (Å²) in [4.78, 5) is 12.0.